The normalized spacial score (nSPS) is 10.0. The van der Waals surface area contributed by atoms with E-state index >= 15 is 0 Å². The van der Waals surface area contributed by atoms with Crippen molar-refractivity contribution in [1.29, 1.82) is 0 Å². The van der Waals surface area contributed by atoms with Gasteiger partial charge in [-0.05, 0) is 30.4 Å². The van der Waals surface area contributed by atoms with Crippen LogP contribution < -0.4 is 15.5 Å². The van der Waals surface area contributed by atoms with Crippen molar-refractivity contribution >= 4 is 34.5 Å². The van der Waals surface area contributed by atoms with Gasteiger partial charge in [0, 0.05) is 50.2 Å². The third-order valence-corrected chi connectivity index (χ3v) is 3.31. The molecule has 7 nitrogen and oxygen atoms in total. The van der Waals surface area contributed by atoms with E-state index in [1.807, 2.05) is 31.1 Å². The Morgan fingerprint density at radius 2 is 2.00 bits per heavy atom. The maximum absolute atomic E-state index is 10.6. The summed E-state index contributed by atoms with van der Waals surface area (Å²) in [5.41, 5.74) is 1.75. The highest BCUT2D eigenvalue weighted by molar-refractivity contribution is 7.80. The fraction of sp³-hybridized carbons (Fsp3) is 0.200. The molecule has 0 aliphatic heterocycles. The Morgan fingerprint density at radius 3 is 2.61 bits per heavy atom. The first-order chi connectivity index (χ1) is 11.0. The number of nitrogens with one attached hydrogen (secondary N) is 2. The first-order valence-electron chi connectivity index (χ1n) is 6.88. The lowest BCUT2D eigenvalue weighted by atomic mass is 10.2. The number of nitrogens with zero attached hydrogens (tertiary/aromatic N) is 3. The average Bonchev–Trinajstić information content (AvgIpc) is 2.53. The van der Waals surface area contributed by atoms with Crippen molar-refractivity contribution in [2.24, 2.45) is 0 Å². The molecule has 1 aromatic heterocycles. The quantitative estimate of drug-likeness (QED) is 0.495. The largest absolute Gasteiger partial charge is 0.362 e. The Balaban J connectivity index is 1.94. The van der Waals surface area contributed by atoms with E-state index in [4.69, 9.17) is 12.2 Å². The smallest absolute Gasteiger partial charge is 0.269 e. The number of nitro benzene ring substituents is 1. The summed E-state index contributed by atoms with van der Waals surface area (Å²) in [5, 5.41) is 17.1. The van der Waals surface area contributed by atoms with Crippen LogP contribution in [0, 0.1) is 10.1 Å². The van der Waals surface area contributed by atoms with E-state index in [0.717, 1.165) is 11.4 Å². The first kappa shape index (κ1) is 16.6. The Morgan fingerprint density at radius 1 is 1.30 bits per heavy atom. The number of thiocarbonyl (C=S) groups is 1. The highest BCUT2D eigenvalue weighted by Gasteiger charge is 2.07. The molecule has 0 saturated heterocycles. The molecule has 0 aliphatic rings. The van der Waals surface area contributed by atoms with Crippen LogP contribution in [0.2, 0.25) is 0 Å². The second kappa shape index (κ2) is 7.50. The van der Waals surface area contributed by atoms with Gasteiger partial charge in [-0.1, -0.05) is 6.07 Å². The molecule has 1 aromatic carbocycles. The van der Waals surface area contributed by atoms with E-state index in [0.29, 0.717) is 17.3 Å². The number of nitro groups is 1. The minimum atomic E-state index is -0.439. The standard InChI is InChI=1S/C15H17N5O2S/c1-19(2)14-11(4-3-9-16-14)10-17-15(23)18-12-5-7-13(8-6-12)20(21)22/h3-9H,10H2,1-2H3,(H2,17,18,23). The summed E-state index contributed by atoms with van der Waals surface area (Å²) in [7, 11) is 3.86. The van der Waals surface area contributed by atoms with Crippen LogP contribution in [0.25, 0.3) is 0 Å². The molecule has 0 aliphatic carbocycles. The zero-order valence-electron chi connectivity index (χ0n) is 12.8. The maximum atomic E-state index is 10.6. The topological polar surface area (TPSA) is 83.3 Å². The third-order valence-electron chi connectivity index (χ3n) is 3.07. The molecule has 2 N–H and O–H groups in total. The molecule has 0 spiro atoms. The zero-order chi connectivity index (χ0) is 16.8. The summed E-state index contributed by atoms with van der Waals surface area (Å²) >= 11 is 5.24. The molecular weight excluding hydrogens is 314 g/mol. The minimum absolute atomic E-state index is 0.0420. The van der Waals surface area contributed by atoms with Crippen LogP contribution in [0.4, 0.5) is 17.2 Å². The Bertz CT molecular complexity index is 703. The van der Waals surface area contributed by atoms with Crippen LogP contribution >= 0.6 is 12.2 Å². The van der Waals surface area contributed by atoms with Crippen LogP contribution in [0.3, 0.4) is 0 Å². The Hall–Kier alpha value is -2.74. The molecule has 8 heteroatoms. The fourth-order valence-electron chi connectivity index (χ4n) is 1.99. The van der Waals surface area contributed by atoms with E-state index in [-0.39, 0.29) is 5.69 Å². The van der Waals surface area contributed by atoms with Crippen LogP contribution in [0.15, 0.2) is 42.6 Å². The molecule has 0 unspecified atom stereocenters. The number of aromatic nitrogens is 1. The van der Waals surface area contributed by atoms with Crippen molar-refractivity contribution < 1.29 is 4.92 Å². The van der Waals surface area contributed by atoms with Gasteiger partial charge in [-0.3, -0.25) is 10.1 Å². The predicted octanol–water partition coefficient (Wildman–Crippen LogP) is 2.54. The van der Waals surface area contributed by atoms with Gasteiger partial charge in [0.2, 0.25) is 0 Å². The first-order valence-corrected chi connectivity index (χ1v) is 7.28. The number of hydrogen-bond donors (Lipinski definition) is 2. The SMILES string of the molecule is CN(C)c1ncccc1CNC(=S)Nc1ccc([N+](=O)[O-])cc1. The Kier molecular flexibility index (Phi) is 5.42. The van der Waals surface area contributed by atoms with Gasteiger partial charge in [-0.25, -0.2) is 4.98 Å². The lowest BCUT2D eigenvalue weighted by molar-refractivity contribution is -0.384. The number of rotatable bonds is 5. The van der Waals surface area contributed by atoms with Gasteiger partial charge >= 0.3 is 0 Å². The molecule has 1 heterocycles. The van der Waals surface area contributed by atoms with E-state index in [2.05, 4.69) is 15.6 Å². The van der Waals surface area contributed by atoms with Gasteiger partial charge in [0.1, 0.15) is 5.82 Å². The number of benzene rings is 1. The molecular formula is C15H17N5O2S. The summed E-state index contributed by atoms with van der Waals surface area (Å²) in [6.45, 7) is 0.528. The summed E-state index contributed by atoms with van der Waals surface area (Å²) in [5.74, 6) is 0.873. The molecule has 0 fully saturated rings. The molecule has 120 valence electrons. The second-order valence-corrected chi connectivity index (χ2v) is 5.40. The Labute approximate surface area is 139 Å². The van der Waals surface area contributed by atoms with Crippen molar-refractivity contribution in [2.75, 3.05) is 24.3 Å². The minimum Gasteiger partial charge on any atom is -0.362 e. The van der Waals surface area contributed by atoms with Crippen molar-refractivity contribution in [3.05, 3.63) is 58.3 Å². The second-order valence-electron chi connectivity index (χ2n) is 4.99. The highest BCUT2D eigenvalue weighted by atomic mass is 32.1. The van der Waals surface area contributed by atoms with E-state index < -0.39 is 4.92 Å². The highest BCUT2D eigenvalue weighted by Crippen LogP contribution is 2.16. The molecule has 2 aromatic rings. The van der Waals surface area contributed by atoms with E-state index in [9.17, 15) is 10.1 Å². The summed E-state index contributed by atoms with van der Waals surface area (Å²) < 4.78 is 0. The number of pyridine rings is 1. The molecule has 0 radical (unpaired) electrons. The molecule has 0 bridgehead atoms. The zero-order valence-corrected chi connectivity index (χ0v) is 13.6. The molecule has 23 heavy (non-hydrogen) atoms. The van der Waals surface area contributed by atoms with Gasteiger partial charge in [0.15, 0.2) is 5.11 Å². The molecule has 0 saturated carbocycles. The average molecular weight is 331 g/mol. The van der Waals surface area contributed by atoms with Crippen LogP contribution in [-0.2, 0) is 6.54 Å². The summed E-state index contributed by atoms with van der Waals surface area (Å²) in [6.07, 6.45) is 1.74. The maximum Gasteiger partial charge on any atom is 0.269 e. The summed E-state index contributed by atoms with van der Waals surface area (Å²) in [6, 6.07) is 9.93. The van der Waals surface area contributed by atoms with Gasteiger partial charge in [0.05, 0.1) is 4.92 Å². The number of anilines is 2. The number of hydrogen-bond acceptors (Lipinski definition) is 5. The van der Waals surface area contributed by atoms with Gasteiger partial charge in [0.25, 0.3) is 5.69 Å². The van der Waals surface area contributed by atoms with E-state index in [1.54, 1.807) is 18.3 Å². The van der Waals surface area contributed by atoms with Crippen LogP contribution in [-0.4, -0.2) is 29.1 Å². The van der Waals surface area contributed by atoms with Crippen molar-refractivity contribution in [3.8, 4) is 0 Å². The third kappa shape index (κ3) is 4.62. The lowest BCUT2D eigenvalue weighted by Crippen LogP contribution is -2.28. The molecule has 0 amide bonds. The van der Waals surface area contributed by atoms with Crippen molar-refractivity contribution in [2.45, 2.75) is 6.54 Å². The van der Waals surface area contributed by atoms with Crippen LogP contribution in [0.5, 0.6) is 0 Å². The fourth-order valence-corrected chi connectivity index (χ4v) is 2.18. The van der Waals surface area contributed by atoms with Gasteiger partial charge in [-0.2, -0.15) is 0 Å². The van der Waals surface area contributed by atoms with Crippen LogP contribution in [0.1, 0.15) is 5.56 Å². The van der Waals surface area contributed by atoms with Crippen molar-refractivity contribution in [1.82, 2.24) is 10.3 Å². The summed E-state index contributed by atoms with van der Waals surface area (Å²) in [4.78, 5) is 16.4. The van der Waals surface area contributed by atoms with Crippen molar-refractivity contribution in [3.63, 3.8) is 0 Å². The van der Waals surface area contributed by atoms with Gasteiger partial charge in [-0.15, -0.1) is 0 Å². The van der Waals surface area contributed by atoms with Gasteiger partial charge < -0.3 is 15.5 Å². The van der Waals surface area contributed by atoms with E-state index in [1.165, 1.54) is 12.1 Å². The lowest BCUT2D eigenvalue weighted by Gasteiger charge is -2.17. The number of non-ortho nitro benzene ring substituents is 1. The predicted molar refractivity (Wildman–Crippen MR) is 94.7 cm³/mol. The molecule has 2 rings (SSSR count). The molecule has 0 atom stereocenters. The monoisotopic (exact) mass is 331 g/mol.